The largest absolute Gasteiger partial charge is 0.456 e. The number of thiophene rings is 1. The predicted octanol–water partition coefficient (Wildman–Crippen LogP) is 14.3. The van der Waals surface area contributed by atoms with E-state index in [1.165, 1.54) is 79.9 Å². The minimum atomic E-state index is 0.655. The Kier molecular flexibility index (Phi) is 6.80. The SMILES string of the molecule is c1ccc2c(-c3ccc(N(c4ccc5c(c4)oc4ccccc45)c4cccc5c4sc4c(C6CCCCC6)cccc45)cc3)cccc2c1. The summed E-state index contributed by atoms with van der Waals surface area (Å²) in [6.45, 7) is 0. The Labute approximate surface area is 289 Å². The van der Waals surface area contributed by atoms with Crippen molar-refractivity contribution >= 4 is 81.3 Å². The molecule has 0 bridgehead atoms. The Morgan fingerprint density at radius 1 is 0.510 bits per heavy atom. The van der Waals surface area contributed by atoms with E-state index in [0.717, 1.165) is 33.3 Å². The Hall–Kier alpha value is -5.38. The molecule has 0 atom stereocenters. The van der Waals surface area contributed by atoms with Gasteiger partial charge in [0.15, 0.2) is 0 Å². The fourth-order valence-electron chi connectivity index (χ4n) is 8.29. The number of benzene rings is 7. The second-order valence-corrected chi connectivity index (χ2v) is 14.5. The highest BCUT2D eigenvalue weighted by Gasteiger charge is 2.23. The van der Waals surface area contributed by atoms with Crippen molar-refractivity contribution < 1.29 is 4.42 Å². The fraction of sp³-hybridized carbons (Fsp3) is 0.130. The monoisotopic (exact) mass is 649 g/mol. The van der Waals surface area contributed by atoms with Crippen LogP contribution in [0.25, 0.3) is 64.0 Å². The molecule has 0 unspecified atom stereocenters. The van der Waals surface area contributed by atoms with Gasteiger partial charge in [0.25, 0.3) is 0 Å². The molecule has 0 N–H and O–H groups in total. The van der Waals surface area contributed by atoms with Crippen molar-refractivity contribution in [2.75, 3.05) is 4.90 Å². The summed E-state index contributed by atoms with van der Waals surface area (Å²) in [5.41, 5.74) is 9.23. The molecule has 49 heavy (non-hydrogen) atoms. The number of nitrogens with zero attached hydrogens (tertiary/aromatic N) is 1. The Balaban J connectivity index is 1.17. The van der Waals surface area contributed by atoms with Gasteiger partial charge < -0.3 is 9.32 Å². The first-order valence-electron chi connectivity index (χ1n) is 17.5. The molecule has 3 heteroatoms. The number of furan rings is 1. The average Bonchev–Trinajstić information content (AvgIpc) is 3.74. The zero-order valence-corrected chi connectivity index (χ0v) is 28.0. The molecule has 0 spiro atoms. The van der Waals surface area contributed by atoms with Gasteiger partial charge in [0.2, 0.25) is 0 Å². The van der Waals surface area contributed by atoms with Gasteiger partial charge in [-0.2, -0.15) is 0 Å². The quantitative estimate of drug-likeness (QED) is 0.184. The first-order chi connectivity index (χ1) is 24.3. The van der Waals surface area contributed by atoms with Crippen LogP contribution in [0.2, 0.25) is 0 Å². The van der Waals surface area contributed by atoms with Crippen molar-refractivity contribution in [3.63, 3.8) is 0 Å². The Bertz CT molecular complexity index is 2650. The summed E-state index contributed by atoms with van der Waals surface area (Å²) in [4.78, 5) is 2.43. The van der Waals surface area contributed by atoms with Crippen LogP contribution in [-0.2, 0) is 0 Å². The number of anilines is 3. The van der Waals surface area contributed by atoms with E-state index in [1.54, 1.807) is 5.56 Å². The molecule has 9 aromatic rings. The molecule has 0 saturated heterocycles. The van der Waals surface area contributed by atoms with Crippen molar-refractivity contribution in [3.8, 4) is 11.1 Å². The van der Waals surface area contributed by atoms with Crippen LogP contribution in [0, 0.1) is 0 Å². The van der Waals surface area contributed by atoms with E-state index in [-0.39, 0.29) is 0 Å². The number of fused-ring (bicyclic) bond motifs is 7. The van der Waals surface area contributed by atoms with E-state index >= 15 is 0 Å². The van der Waals surface area contributed by atoms with E-state index in [9.17, 15) is 0 Å². The number of rotatable bonds is 5. The summed E-state index contributed by atoms with van der Waals surface area (Å²) < 4.78 is 9.20. The van der Waals surface area contributed by atoms with Crippen LogP contribution in [0.15, 0.2) is 150 Å². The van der Waals surface area contributed by atoms with Gasteiger partial charge in [-0.1, -0.05) is 122 Å². The van der Waals surface area contributed by atoms with Crippen LogP contribution in [0.1, 0.15) is 43.6 Å². The van der Waals surface area contributed by atoms with Crippen LogP contribution in [-0.4, -0.2) is 0 Å². The summed E-state index contributed by atoms with van der Waals surface area (Å²) in [7, 11) is 0. The fourth-order valence-corrected chi connectivity index (χ4v) is 9.68. The molecular formula is C46H35NOS. The van der Waals surface area contributed by atoms with Gasteiger partial charge in [0, 0.05) is 43.7 Å². The third-order valence-electron chi connectivity index (χ3n) is 10.7. The molecule has 2 heterocycles. The van der Waals surface area contributed by atoms with Gasteiger partial charge in [-0.25, -0.2) is 0 Å². The van der Waals surface area contributed by atoms with Crippen molar-refractivity contribution in [3.05, 3.63) is 151 Å². The second-order valence-electron chi connectivity index (χ2n) is 13.5. The highest BCUT2D eigenvalue weighted by Crippen LogP contribution is 2.48. The van der Waals surface area contributed by atoms with Crippen molar-refractivity contribution in [2.45, 2.75) is 38.0 Å². The van der Waals surface area contributed by atoms with E-state index in [1.807, 2.05) is 17.4 Å². The summed E-state index contributed by atoms with van der Waals surface area (Å²) >= 11 is 1.97. The lowest BCUT2D eigenvalue weighted by molar-refractivity contribution is 0.446. The molecule has 2 aromatic heterocycles. The third-order valence-corrected chi connectivity index (χ3v) is 12.0. The van der Waals surface area contributed by atoms with Gasteiger partial charge in [-0.15, -0.1) is 11.3 Å². The molecule has 1 aliphatic carbocycles. The summed E-state index contributed by atoms with van der Waals surface area (Å²) in [5.74, 6) is 0.655. The second kappa shape index (κ2) is 11.6. The van der Waals surface area contributed by atoms with Crippen LogP contribution in [0.4, 0.5) is 17.1 Å². The molecule has 2 nitrogen and oxygen atoms in total. The molecule has 0 amide bonds. The van der Waals surface area contributed by atoms with Gasteiger partial charge in [0.05, 0.1) is 10.4 Å². The van der Waals surface area contributed by atoms with Crippen LogP contribution in [0.3, 0.4) is 0 Å². The standard InChI is InChI=1S/C46H35NOS/c1-2-11-31(12-3-1)37-18-9-19-40-41-20-10-21-42(46(41)49-45(37)40)47(34-27-28-39-38-16-6-7-22-43(38)48-44(39)29-34)33-25-23-32(24-26-33)36-17-8-14-30-13-4-5-15-35(30)36/h4-10,13-29,31H,1-3,11-12H2. The van der Waals surface area contributed by atoms with E-state index in [2.05, 4.69) is 144 Å². The Morgan fingerprint density at radius 3 is 2.06 bits per heavy atom. The lowest BCUT2D eigenvalue weighted by Gasteiger charge is -2.26. The van der Waals surface area contributed by atoms with E-state index in [0.29, 0.717) is 5.92 Å². The van der Waals surface area contributed by atoms with Gasteiger partial charge >= 0.3 is 0 Å². The third kappa shape index (κ3) is 4.75. The zero-order chi connectivity index (χ0) is 32.3. The molecule has 7 aromatic carbocycles. The van der Waals surface area contributed by atoms with Crippen molar-refractivity contribution in [1.82, 2.24) is 0 Å². The molecule has 1 saturated carbocycles. The van der Waals surface area contributed by atoms with Gasteiger partial charge in [0.1, 0.15) is 11.2 Å². The molecule has 1 aliphatic rings. The maximum atomic E-state index is 6.43. The topological polar surface area (TPSA) is 16.4 Å². The first kappa shape index (κ1) is 28.6. The highest BCUT2D eigenvalue weighted by atomic mass is 32.1. The van der Waals surface area contributed by atoms with Crippen molar-refractivity contribution in [1.29, 1.82) is 0 Å². The van der Waals surface area contributed by atoms with Crippen LogP contribution < -0.4 is 4.90 Å². The molecule has 10 rings (SSSR count). The average molecular weight is 650 g/mol. The summed E-state index contributed by atoms with van der Waals surface area (Å²) in [6.07, 6.45) is 6.64. The van der Waals surface area contributed by atoms with Crippen LogP contribution in [0.5, 0.6) is 0 Å². The maximum Gasteiger partial charge on any atom is 0.137 e. The smallest absolute Gasteiger partial charge is 0.137 e. The molecule has 1 fully saturated rings. The molecular weight excluding hydrogens is 615 g/mol. The predicted molar refractivity (Wildman–Crippen MR) is 210 cm³/mol. The minimum Gasteiger partial charge on any atom is -0.456 e. The van der Waals surface area contributed by atoms with Crippen molar-refractivity contribution in [2.24, 2.45) is 0 Å². The molecule has 0 radical (unpaired) electrons. The lowest BCUT2D eigenvalue weighted by Crippen LogP contribution is -2.10. The first-order valence-corrected chi connectivity index (χ1v) is 18.4. The lowest BCUT2D eigenvalue weighted by atomic mass is 9.84. The summed E-state index contributed by atoms with van der Waals surface area (Å²) in [6, 6.07) is 53.2. The minimum absolute atomic E-state index is 0.655. The zero-order valence-electron chi connectivity index (χ0n) is 27.2. The number of para-hydroxylation sites is 1. The van der Waals surface area contributed by atoms with Gasteiger partial charge in [-0.3, -0.25) is 0 Å². The molecule has 236 valence electrons. The van der Waals surface area contributed by atoms with E-state index in [4.69, 9.17) is 4.42 Å². The molecule has 0 aliphatic heterocycles. The highest BCUT2D eigenvalue weighted by molar-refractivity contribution is 7.26. The number of hydrogen-bond acceptors (Lipinski definition) is 3. The summed E-state index contributed by atoms with van der Waals surface area (Å²) in [5, 5.41) is 7.53. The van der Waals surface area contributed by atoms with Gasteiger partial charge in [-0.05, 0) is 82.6 Å². The van der Waals surface area contributed by atoms with E-state index < -0.39 is 0 Å². The number of hydrogen-bond donors (Lipinski definition) is 0. The maximum absolute atomic E-state index is 6.43. The Morgan fingerprint density at radius 2 is 1.18 bits per heavy atom. The normalized spacial score (nSPS) is 14.0. The van der Waals surface area contributed by atoms with Crippen LogP contribution >= 0.6 is 11.3 Å².